The van der Waals surface area contributed by atoms with Crippen LogP contribution in [0.4, 0.5) is 18.9 Å². The third-order valence-corrected chi connectivity index (χ3v) is 3.38. The Kier molecular flexibility index (Phi) is 3.04. The number of nitrogens with zero attached hydrogens (tertiary/aromatic N) is 1. The molecule has 5 heteroatoms. The molecule has 1 fully saturated rings. The maximum atomic E-state index is 13.7. The predicted octanol–water partition coefficient (Wildman–Crippen LogP) is 3.67. The standard InChI is InChI=1S/C15H12F3NO/c1-20-11-4-2-9(3-5-11)14-8-19(14)15-12(17)6-10(16)7-13(15)18/h2-7,14H,8H2,1H3/t14-,19?/m1/s1. The summed E-state index contributed by atoms with van der Waals surface area (Å²) in [7, 11) is 1.57. The van der Waals surface area contributed by atoms with E-state index in [1.165, 1.54) is 0 Å². The highest BCUT2D eigenvalue weighted by Gasteiger charge is 2.39. The molecule has 0 saturated carbocycles. The molecule has 1 heterocycles. The second-order valence-electron chi connectivity index (χ2n) is 4.66. The maximum Gasteiger partial charge on any atom is 0.152 e. The molecule has 0 radical (unpaired) electrons. The molecule has 1 saturated heterocycles. The molecule has 0 amide bonds. The minimum atomic E-state index is -0.911. The summed E-state index contributed by atoms with van der Waals surface area (Å²) in [5.41, 5.74) is 0.765. The Morgan fingerprint density at radius 3 is 2.20 bits per heavy atom. The molecule has 3 rings (SSSR count). The summed E-state index contributed by atoms with van der Waals surface area (Å²) in [4.78, 5) is 1.56. The number of methoxy groups -OCH3 is 1. The minimum absolute atomic E-state index is 0.0876. The zero-order valence-electron chi connectivity index (χ0n) is 10.7. The number of halogens is 3. The number of hydrogen-bond acceptors (Lipinski definition) is 2. The van der Waals surface area contributed by atoms with Gasteiger partial charge in [-0.1, -0.05) is 12.1 Å². The molecule has 0 unspecified atom stereocenters. The topological polar surface area (TPSA) is 12.2 Å². The van der Waals surface area contributed by atoms with Crippen molar-refractivity contribution in [1.82, 2.24) is 0 Å². The van der Waals surface area contributed by atoms with Crippen LogP contribution >= 0.6 is 0 Å². The van der Waals surface area contributed by atoms with E-state index in [2.05, 4.69) is 0 Å². The highest BCUT2D eigenvalue weighted by Crippen LogP contribution is 2.42. The Balaban J connectivity index is 1.85. The summed E-state index contributed by atoms with van der Waals surface area (Å²) in [6.45, 7) is 0.506. The van der Waals surface area contributed by atoms with Gasteiger partial charge in [0.25, 0.3) is 0 Å². The molecule has 0 aromatic heterocycles. The van der Waals surface area contributed by atoms with Crippen molar-refractivity contribution < 1.29 is 17.9 Å². The Hall–Kier alpha value is -2.17. The van der Waals surface area contributed by atoms with Crippen molar-refractivity contribution >= 4 is 5.69 Å². The first-order valence-corrected chi connectivity index (χ1v) is 6.15. The lowest BCUT2D eigenvalue weighted by atomic mass is 10.1. The average molecular weight is 279 g/mol. The predicted molar refractivity (Wildman–Crippen MR) is 69.4 cm³/mol. The second-order valence-corrected chi connectivity index (χ2v) is 4.66. The Morgan fingerprint density at radius 1 is 1.05 bits per heavy atom. The van der Waals surface area contributed by atoms with Gasteiger partial charge in [-0.05, 0) is 17.7 Å². The Morgan fingerprint density at radius 2 is 1.65 bits per heavy atom. The van der Waals surface area contributed by atoms with Gasteiger partial charge in [0.2, 0.25) is 0 Å². The highest BCUT2D eigenvalue weighted by molar-refractivity contribution is 5.58. The van der Waals surface area contributed by atoms with Crippen LogP contribution in [-0.4, -0.2) is 13.7 Å². The number of hydrogen-bond donors (Lipinski definition) is 0. The van der Waals surface area contributed by atoms with Crippen molar-refractivity contribution in [2.45, 2.75) is 6.04 Å². The fraction of sp³-hybridized carbons (Fsp3) is 0.200. The molecule has 2 aromatic carbocycles. The van der Waals surface area contributed by atoms with E-state index in [9.17, 15) is 13.2 Å². The monoisotopic (exact) mass is 279 g/mol. The van der Waals surface area contributed by atoms with E-state index in [1.54, 1.807) is 24.1 Å². The molecule has 1 aliphatic rings. The van der Waals surface area contributed by atoms with Crippen LogP contribution in [0.1, 0.15) is 11.6 Å². The second kappa shape index (κ2) is 4.74. The van der Waals surface area contributed by atoms with Gasteiger partial charge in [0, 0.05) is 18.7 Å². The van der Waals surface area contributed by atoms with Crippen LogP contribution in [0.5, 0.6) is 5.75 Å². The van der Waals surface area contributed by atoms with Gasteiger partial charge in [0.15, 0.2) is 11.6 Å². The maximum absolute atomic E-state index is 13.7. The summed E-state index contributed by atoms with van der Waals surface area (Å²) < 4.78 is 45.3. The fourth-order valence-corrected chi connectivity index (χ4v) is 2.31. The van der Waals surface area contributed by atoms with Crippen LogP contribution in [0.3, 0.4) is 0 Å². The highest BCUT2D eigenvalue weighted by atomic mass is 19.1. The molecular formula is C15H12F3NO. The van der Waals surface area contributed by atoms with Crippen molar-refractivity contribution in [3.05, 3.63) is 59.4 Å². The van der Waals surface area contributed by atoms with Crippen molar-refractivity contribution in [3.63, 3.8) is 0 Å². The lowest BCUT2D eigenvalue weighted by Crippen LogP contribution is -2.02. The lowest BCUT2D eigenvalue weighted by molar-refractivity contribution is 0.414. The molecule has 2 nitrogen and oxygen atoms in total. The van der Waals surface area contributed by atoms with Gasteiger partial charge in [0.1, 0.15) is 17.3 Å². The van der Waals surface area contributed by atoms with Crippen LogP contribution in [0.2, 0.25) is 0 Å². The smallest absolute Gasteiger partial charge is 0.152 e. The summed E-state index contributed by atoms with van der Waals surface area (Å²) >= 11 is 0. The van der Waals surface area contributed by atoms with E-state index in [1.807, 2.05) is 12.1 Å². The van der Waals surface area contributed by atoms with Gasteiger partial charge >= 0.3 is 0 Å². The molecule has 0 spiro atoms. The van der Waals surface area contributed by atoms with Crippen LogP contribution in [0, 0.1) is 17.5 Å². The first-order chi connectivity index (χ1) is 9.60. The first-order valence-electron chi connectivity index (χ1n) is 6.15. The third-order valence-electron chi connectivity index (χ3n) is 3.38. The SMILES string of the molecule is COc1ccc([C@H]2CN2c2c(F)cc(F)cc2F)cc1. The summed E-state index contributed by atoms with van der Waals surface area (Å²) in [6.07, 6.45) is 0. The molecule has 0 N–H and O–H groups in total. The fourth-order valence-electron chi connectivity index (χ4n) is 2.31. The van der Waals surface area contributed by atoms with E-state index in [-0.39, 0.29) is 11.7 Å². The molecule has 1 atom stereocenters. The third kappa shape index (κ3) is 2.19. The zero-order valence-corrected chi connectivity index (χ0v) is 10.7. The van der Waals surface area contributed by atoms with Gasteiger partial charge < -0.3 is 9.64 Å². The molecular weight excluding hydrogens is 267 g/mol. The lowest BCUT2D eigenvalue weighted by Gasteiger charge is -2.09. The van der Waals surface area contributed by atoms with Gasteiger partial charge in [-0.2, -0.15) is 0 Å². The summed E-state index contributed by atoms with van der Waals surface area (Å²) in [5, 5.41) is 0. The van der Waals surface area contributed by atoms with Gasteiger partial charge in [0.05, 0.1) is 13.2 Å². The molecule has 104 valence electrons. The van der Waals surface area contributed by atoms with E-state index in [0.29, 0.717) is 18.7 Å². The Bertz CT molecular complexity index is 619. The number of rotatable bonds is 3. The largest absolute Gasteiger partial charge is 0.497 e. The molecule has 1 aliphatic heterocycles. The van der Waals surface area contributed by atoms with Crippen molar-refractivity contribution in [1.29, 1.82) is 0 Å². The zero-order chi connectivity index (χ0) is 14.3. The van der Waals surface area contributed by atoms with E-state index >= 15 is 0 Å². The quantitative estimate of drug-likeness (QED) is 0.795. The van der Waals surface area contributed by atoms with Gasteiger partial charge in [-0.25, -0.2) is 13.2 Å². The van der Waals surface area contributed by atoms with E-state index in [0.717, 1.165) is 11.3 Å². The molecule has 0 bridgehead atoms. The van der Waals surface area contributed by atoms with E-state index in [4.69, 9.17) is 4.74 Å². The van der Waals surface area contributed by atoms with Crippen LogP contribution in [-0.2, 0) is 0 Å². The average Bonchev–Trinajstić information content (AvgIpc) is 3.18. The number of ether oxygens (including phenoxy) is 1. The van der Waals surface area contributed by atoms with E-state index < -0.39 is 17.5 Å². The van der Waals surface area contributed by atoms with Crippen molar-refractivity contribution in [3.8, 4) is 5.75 Å². The summed E-state index contributed by atoms with van der Waals surface area (Å²) in [6, 6.07) is 8.59. The van der Waals surface area contributed by atoms with Gasteiger partial charge in [-0.15, -0.1) is 0 Å². The number of anilines is 1. The van der Waals surface area contributed by atoms with Crippen LogP contribution in [0.15, 0.2) is 36.4 Å². The van der Waals surface area contributed by atoms with Gasteiger partial charge in [-0.3, -0.25) is 0 Å². The molecule has 0 aliphatic carbocycles. The first kappa shape index (κ1) is 12.8. The van der Waals surface area contributed by atoms with Crippen LogP contribution in [0.25, 0.3) is 0 Å². The van der Waals surface area contributed by atoms with Crippen molar-refractivity contribution in [2.24, 2.45) is 0 Å². The normalized spacial score (nSPS) is 17.2. The molecule has 2 aromatic rings. The number of benzene rings is 2. The minimum Gasteiger partial charge on any atom is -0.497 e. The molecule has 20 heavy (non-hydrogen) atoms. The van der Waals surface area contributed by atoms with Crippen molar-refractivity contribution in [2.75, 3.05) is 18.6 Å². The van der Waals surface area contributed by atoms with Crippen LogP contribution < -0.4 is 9.64 Å². The Labute approximate surface area is 114 Å². The summed E-state index contributed by atoms with van der Waals surface area (Å²) in [5.74, 6) is -1.94.